The molecule has 0 fully saturated rings. The van der Waals surface area contributed by atoms with Crippen LogP contribution in [0.15, 0.2) is 79.3 Å². The van der Waals surface area contributed by atoms with Gasteiger partial charge in [-0.05, 0) is 59.2 Å². The Labute approximate surface area is 185 Å². The molecular formula is C28H31N3. The second kappa shape index (κ2) is 9.22. The fraction of sp³-hybridized carbons (Fsp3) is 0.250. The Kier molecular flexibility index (Phi) is 6.22. The van der Waals surface area contributed by atoms with Crippen molar-refractivity contribution >= 4 is 22.5 Å². The first-order chi connectivity index (χ1) is 15.0. The largest absolute Gasteiger partial charge is 0.386 e. The Morgan fingerprint density at radius 3 is 2.61 bits per heavy atom. The summed E-state index contributed by atoms with van der Waals surface area (Å²) < 4.78 is 2.06. The summed E-state index contributed by atoms with van der Waals surface area (Å²) in [6.45, 7) is 6.67. The Balaban J connectivity index is 1.48. The third-order valence-electron chi connectivity index (χ3n) is 6.19. The molecule has 3 heteroatoms. The minimum Gasteiger partial charge on any atom is -0.386 e. The number of rotatable bonds is 7. The smallest absolute Gasteiger partial charge is 0.0995 e. The van der Waals surface area contributed by atoms with Gasteiger partial charge in [-0.15, -0.1) is 0 Å². The normalized spacial score (nSPS) is 13.5. The standard InChI is InChI=1S/C28H31N3/c1-20(21(2)16-25-10-7-9-24-8-5-6-11-26(24)25)12-13-23-14-15-28(27(17-23)29-4)31-18-22(3)30-19-31/h5-15,17-21,29H,16H2,1-4H3/b13-12+/t20-,21-/m0/s1. The predicted molar refractivity (Wildman–Crippen MR) is 133 cm³/mol. The molecule has 2 atom stereocenters. The van der Waals surface area contributed by atoms with E-state index in [0.717, 1.165) is 23.5 Å². The number of benzene rings is 3. The van der Waals surface area contributed by atoms with Crippen molar-refractivity contribution in [2.45, 2.75) is 27.2 Å². The lowest BCUT2D eigenvalue weighted by molar-refractivity contribution is 0.460. The van der Waals surface area contributed by atoms with E-state index < -0.39 is 0 Å². The van der Waals surface area contributed by atoms with Crippen LogP contribution in [0, 0.1) is 18.8 Å². The number of hydrogen-bond donors (Lipinski definition) is 1. The molecule has 4 rings (SSSR count). The van der Waals surface area contributed by atoms with E-state index in [-0.39, 0.29) is 0 Å². The summed E-state index contributed by atoms with van der Waals surface area (Å²) in [6.07, 6.45) is 9.56. The van der Waals surface area contributed by atoms with Crippen molar-refractivity contribution in [3.63, 3.8) is 0 Å². The summed E-state index contributed by atoms with van der Waals surface area (Å²) in [6, 6.07) is 21.8. The van der Waals surface area contributed by atoms with Crippen molar-refractivity contribution in [2.24, 2.45) is 11.8 Å². The average molecular weight is 410 g/mol. The molecule has 31 heavy (non-hydrogen) atoms. The molecule has 3 nitrogen and oxygen atoms in total. The van der Waals surface area contributed by atoms with Crippen LogP contribution < -0.4 is 5.32 Å². The van der Waals surface area contributed by atoms with Crippen LogP contribution in [0.5, 0.6) is 0 Å². The number of anilines is 1. The number of aromatic nitrogens is 2. The number of aryl methyl sites for hydroxylation is 1. The van der Waals surface area contributed by atoms with Crippen LogP contribution in [0.1, 0.15) is 30.7 Å². The zero-order valence-electron chi connectivity index (χ0n) is 18.8. The molecule has 0 spiro atoms. The average Bonchev–Trinajstić information content (AvgIpc) is 3.23. The highest BCUT2D eigenvalue weighted by atomic mass is 15.1. The summed E-state index contributed by atoms with van der Waals surface area (Å²) in [5.74, 6) is 1.03. The van der Waals surface area contributed by atoms with Gasteiger partial charge in [0.2, 0.25) is 0 Å². The van der Waals surface area contributed by atoms with E-state index in [1.54, 1.807) is 0 Å². The van der Waals surface area contributed by atoms with Crippen molar-refractivity contribution in [2.75, 3.05) is 12.4 Å². The molecule has 1 aromatic heterocycles. The van der Waals surface area contributed by atoms with E-state index in [1.807, 2.05) is 26.5 Å². The summed E-state index contributed by atoms with van der Waals surface area (Å²) in [4.78, 5) is 4.34. The quantitative estimate of drug-likeness (QED) is 0.360. The molecule has 4 aromatic rings. The van der Waals surface area contributed by atoms with Crippen LogP contribution in [0.3, 0.4) is 0 Å². The fourth-order valence-corrected chi connectivity index (χ4v) is 4.09. The Morgan fingerprint density at radius 1 is 1.03 bits per heavy atom. The maximum absolute atomic E-state index is 4.34. The zero-order valence-corrected chi connectivity index (χ0v) is 18.8. The minimum absolute atomic E-state index is 0.480. The summed E-state index contributed by atoms with van der Waals surface area (Å²) in [5, 5.41) is 6.02. The lowest BCUT2D eigenvalue weighted by atomic mass is 9.87. The molecule has 0 aliphatic heterocycles. The monoisotopic (exact) mass is 409 g/mol. The maximum atomic E-state index is 4.34. The van der Waals surface area contributed by atoms with Gasteiger partial charge in [0.05, 0.1) is 23.4 Å². The van der Waals surface area contributed by atoms with Gasteiger partial charge in [0.1, 0.15) is 0 Å². The molecule has 0 bridgehead atoms. The van der Waals surface area contributed by atoms with Crippen LogP contribution >= 0.6 is 0 Å². The maximum Gasteiger partial charge on any atom is 0.0995 e. The molecule has 0 saturated carbocycles. The fourth-order valence-electron chi connectivity index (χ4n) is 4.09. The van der Waals surface area contributed by atoms with E-state index >= 15 is 0 Å². The SMILES string of the molecule is CNc1cc(/C=C/[C@H](C)[C@@H](C)Cc2cccc3ccccc23)ccc1-n1cnc(C)c1. The van der Waals surface area contributed by atoms with Gasteiger partial charge in [0, 0.05) is 13.2 Å². The van der Waals surface area contributed by atoms with Gasteiger partial charge in [-0.3, -0.25) is 0 Å². The highest BCUT2D eigenvalue weighted by Gasteiger charge is 2.12. The van der Waals surface area contributed by atoms with Gasteiger partial charge >= 0.3 is 0 Å². The highest BCUT2D eigenvalue weighted by molar-refractivity contribution is 5.85. The molecule has 1 heterocycles. The lowest BCUT2D eigenvalue weighted by Gasteiger charge is -2.18. The number of fused-ring (bicyclic) bond motifs is 1. The van der Waals surface area contributed by atoms with Gasteiger partial charge in [-0.1, -0.05) is 74.5 Å². The molecule has 0 aliphatic carbocycles. The molecular weight excluding hydrogens is 378 g/mol. The lowest BCUT2D eigenvalue weighted by Crippen LogP contribution is -2.09. The second-order valence-corrected chi connectivity index (χ2v) is 8.49. The third kappa shape index (κ3) is 4.72. The number of hydrogen-bond acceptors (Lipinski definition) is 2. The van der Waals surface area contributed by atoms with E-state index in [1.165, 1.54) is 21.9 Å². The van der Waals surface area contributed by atoms with Crippen molar-refractivity contribution in [3.8, 4) is 5.69 Å². The van der Waals surface area contributed by atoms with E-state index in [0.29, 0.717) is 11.8 Å². The van der Waals surface area contributed by atoms with Crippen molar-refractivity contribution in [3.05, 3.63) is 96.1 Å². The third-order valence-corrected chi connectivity index (χ3v) is 6.19. The number of nitrogens with one attached hydrogen (secondary N) is 1. The van der Waals surface area contributed by atoms with E-state index in [4.69, 9.17) is 0 Å². The van der Waals surface area contributed by atoms with Crippen molar-refractivity contribution in [1.82, 2.24) is 9.55 Å². The molecule has 0 amide bonds. The van der Waals surface area contributed by atoms with E-state index in [9.17, 15) is 0 Å². The van der Waals surface area contributed by atoms with Crippen LogP contribution in [0.25, 0.3) is 22.5 Å². The van der Waals surface area contributed by atoms with Gasteiger partial charge in [-0.25, -0.2) is 4.98 Å². The topological polar surface area (TPSA) is 29.9 Å². The van der Waals surface area contributed by atoms with Crippen LogP contribution in [0.4, 0.5) is 5.69 Å². The molecule has 0 radical (unpaired) electrons. The number of nitrogens with zero attached hydrogens (tertiary/aromatic N) is 2. The van der Waals surface area contributed by atoms with Crippen molar-refractivity contribution in [1.29, 1.82) is 0 Å². The highest BCUT2D eigenvalue weighted by Crippen LogP contribution is 2.26. The van der Waals surface area contributed by atoms with Gasteiger partial charge < -0.3 is 9.88 Å². The molecule has 1 N–H and O–H groups in total. The minimum atomic E-state index is 0.480. The van der Waals surface area contributed by atoms with Gasteiger partial charge in [0.25, 0.3) is 0 Å². The summed E-state index contributed by atoms with van der Waals surface area (Å²) >= 11 is 0. The first-order valence-electron chi connectivity index (χ1n) is 11.0. The summed E-state index contributed by atoms with van der Waals surface area (Å²) in [7, 11) is 1.96. The molecule has 3 aromatic carbocycles. The van der Waals surface area contributed by atoms with Gasteiger partial charge in [0.15, 0.2) is 0 Å². The molecule has 158 valence electrons. The Morgan fingerprint density at radius 2 is 1.84 bits per heavy atom. The summed E-state index contributed by atoms with van der Waals surface area (Å²) in [5.41, 5.74) is 5.85. The second-order valence-electron chi connectivity index (χ2n) is 8.49. The van der Waals surface area contributed by atoms with Crippen LogP contribution in [-0.4, -0.2) is 16.6 Å². The Hall–Kier alpha value is -3.33. The Bertz CT molecular complexity index is 1200. The zero-order chi connectivity index (χ0) is 21.8. The van der Waals surface area contributed by atoms with Crippen LogP contribution in [-0.2, 0) is 6.42 Å². The van der Waals surface area contributed by atoms with Crippen molar-refractivity contribution < 1.29 is 0 Å². The first-order valence-corrected chi connectivity index (χ1v) is 11.0. The molecule has 0 aliphatic rings. The van der Waals surface area contributed by atoms with Crippen LogP contribution in [0.2, 0.25) is 0 Å². The first kappa shape index (κ1) is 20.9. The van der Waals surface area contributed by atoms with E-state index in [2.05, 4.69) is 102 Å². The molecule has 0 saturated heterocycles. The van der Waals surface area contributed by atoms with Gasteiger partial charge in [-0.2, -0.15) is 0 Å². The molecule has 0 unspecified atom stereocenters. The number of allylic oxidation sites excluding steroid dienone is 1. The predicted octanol–water partition coefficient (Wildman–Crippen LogP) is 6.90. The number of imidazole rings is 1.